The zero-order valence-electron chi connectivity index (χ0n) is 12.3. The highest BCUT2D eigenvalue weighted by atomic mass is 16.2. The van der Waals surface area contributed by atoms with E-state index >= 15 is 0 Å². The fraction of sp³-hybridized carbons (Fsp3) is 0.211. The molecule has 0 amide bonds. The van der Waals surface area contributed by atoms with Crippen LogP contribution in [0.25, 0.3) is 0 Å². The predicted octanol–water partition coefficient (Wildman–Crippen LogP) is 3.52. The average molecular weight is 292 g/mol. The lowest BCUT2D eigenvalue weighted by Gasteiger charge is -2.07. The molecule has 0 aliphatic heterocycles. The number of hydrogen-bond donors (Lipinski definition) is 0. The van der Waals surface area contributed by atoms with Gasteiger partial charge in [0.15, 0.2) is 17.3 Å². The molecule has 0 radical (unpaired) electrons. The molecule has 2 aromatic rings. The molecule has 0 fully saturated rings. The SMILES string of the molecule is CCCc1ccc(C(=O)C2C(=O)c3ccccc3C2=O)cc1. The Bertz CT molecular complexity index is 722. The highest BCUT2D eigenvalue weighted by Crippen LogP contribution is 2.29. The van der Waals surface area contributed by atoms with Crippen molar-refractivity contribution in [2.24, 2.45) is 5.92 Å². The number of ketones is 3. The fourth-order valence-electron chi connectivity index (χ4n) is 2.87. The van der Waals surface area contributed by atoms with Gasteiger partial charge in [0, 0.05) is 16.7 Å². The monoisotopic (exact) mass is 292 g/mol. The molecule has 0 spiro atoms. The van der Waals surface area contributed by atoms with Gasteiger partial charge in [0.1, 0.15) is 5.92 Å². The third-order valence-corrected chi connectivity index (χ3v) is 4.02. The van der Waals surface area contributed by atoms with E-state index in [0.717, 1.165) is 18.4 Å². The number of carbonyl (C=O) groups is 3. The first kappa shape index (κ1) is 14.4. The van der Waals surface area contributed by atoms with Crippen molar-refractivity contribution in [3.8, 4) is 0 Å². The number of rotatable bonds is 4. The molecule has 0 saturated heterocycles. The number of Topliss-reactive ketones (excluding diaryl/α,β-unsaturated/α-hetero) is 3. The van der Waals surface area contributed by atoms with Gasteiger partial charge in [-0.3, -0.25) is 14.4 Å². The van der Waals surface area contributed by atoms with E-state index in [0.29, 0.717) is 16.7 Å². The molecule has 110 valence electrons. The first-order chi connectivity index (χ1) is 10.6. The Morgan fingerprint density at radius 1 is 0.909 bits per heavy atom. The van der Waals surface area contributed by atoms with Crippen molar-refractivity contribution in [3.63, 3.8) is 0 Å². The first-order valence-corrected chi connectivity index (χ1v) is 7.44. The lowest BCUT2D eigenvalue weighted by molar-refractivity contribution is 0.0756. The van der Waals surface area contributed by atoms with E-state index in [1.807, 2.05) is 12.1 Å². The molecule has 2 aromatic carbocycles. The van der Waals surface area contributed by atoms with E-state index in [4.69, 9.17) is 0 Å². The van der Waals surface area contributed by atoms with Crippen molar-refractivity contribution in [2.75, 3.05) is 0 Å². The average Bonchev–Trinajstić information content (AvgIpc) is 2.80. The molecule has 0 atom stereocenters. The summed E-state index contributed by atoms with van der Waals surface area (Å²) < 4.78 is 0. The van der Waals surface area contributed by atoms with E-state index in [1.54, 1.807) is 36.4 Å². The maximum Gasteiger partial charge on any atom is 0.182 e. The first-order valence-electron chi connectivity index (χ1n) is 7.44. The predicted molar refractivity (Wildman–Crippen MR) is 83.4 cm³/mol. The summed E-state index contributed by atoms with van der Waals surface area (Å²) in [7, 11) is 0. The molecule has 3 rings (SSSR count). The number of fused-ring (bicyclic) bond motifs is 1. The van der Waals surface area contributed by atoms with Crippen molar-refractivity contribution in [1.82, 2.24) is 0 Å². The van der Waals surface area contributed by atoms with Crippen LogP contribution in [0, 0.1) is 5.92 Å². The summed E-state index contributed by atoms with van der Waals surface area (Å²) in [5.74, 6) is -2.39. The van der Waals surface area contributed by atoms with E-state index in [1.165, 1.54) is 0 Å². The zero-order valence-corrected chi connectivity index (χ0v) is 12.3. The second-order valence-electron chi connectivity index (χ2n) is 5.52. The smallest absolute Gasteiger partial charge is 0.182 e. The summed E-state index contributed by atoms with van der Waals surface area (Å²) >= 11 is 0. The van der Waals surface area contributed by atoms with Gasteiger partial charge in [0.2, 0.25) is 0 Å². The Kier molecular flexibility index (Phi) is 3.72. The van der Waals surface area contributed by atoms with E-state index < -0.39 is 11.7 Å². The van der Waals surface area contributed by atoms with Crippen LogP contribution in [-0.4, -0.2) is 17.3 Å². The Morgan fingerprint density at radius 3 is 1.95 bits per heavy atom. The largest absolute Gasteiger partial charge is 0.293 e. The number of carbonyl (C=O) groups excluding carboxylic acids is 3. The van der Waals surface area contributed by atoms with Crippen LogP contribution in [0.4, 0.5) is 0 Å². The maximum atomic E-state index is 12.6. The van der Waals surface area contributed by atoms with Crippen LogP contribution in [0.3, 0.4) is 0 Å². The van der Waals surface area contributed by atoms with Crippen LogP contribution in [0.2, 0.25) is 0 Å². The fourth-order valence-corrected chi connectivity index (χ4v) is 2.87. The van der Waals surface area contributed by atoms with Crippen molar-refractivity contribution in [2.45, 2.75) is 19.8 Å². The molecule has 0 N–H and O–H groups in total. The summed E-state index contributed by atoms with van der Waals surface area (Å²) in [6.07, 6.45) is 1.98. The van der Waals surface area contributed by atoms with Crippen LogP contribution in [-0.2, 0) is 6.42 Å². The molecule has 0 saturated carbocycles. The molecule has 0 heterocycles. The lowest BCUT2D eigenvalue weighted by Crippen LogP contribution is -2.25. The van der Waals surface area contributed by atoms with Crippen molar-refractivity contribution < 1.29 is 14.4 Å². The number of aryl methyl sites for hydroxylation is 1. The normalized spacial score (nSPS) is 14.2. The van der Waals surface area contributed by atoms with Crippen LogP contribution >= 0.6 is 0 Å². The van der Waals surface area contributed by atoms with Gasteiger partial charge in [-0.25, -0.2) is 0 Å². The molecular formula is C19H16O3. The molecule has 1 aliphatic rings. The van der Waals surface area contributed by atoms with Crippen LogP contribution in [0.5, 0.6) is 0 Å². The highest BCUT2D eigenvalue weighted by Gasteiger charge is 2.43. The summed E-state index contributed by atoms with van der Waals surface area (Å²) in [4.78, 5) is 37.3. The van der Waals surface area contributed by atoms with Gasteiger partial charge >= 0.3 is 0 Å². The Hall–Kier alpha value is -2.55. The van der Waals surface area contributed by atoms with Gasteiger partial charge < -0.3 is 0 Å². The quantitative estimate of drug-likeness (QED) is 0.640. The van der Waals surface area contributed by atoms with Gasteiger partial charge in [0.05, 0.1) is 0 Å². The van der Waals surface area contributed by atoms with Gasteiger partial charge in [-0.15, -0.1) is 0 Å². The lowest BCUT2D eigenvalue weighted by atomic mass is 9.92. The third-order valence-electron chi connectivity index (χ3n) is 4.02. The molecule has 0 unspecified atom stereocenters. The summed E-state index contributed by atoms with van der Waals surface area (Å²) in [6, 6.07) is 13.8. The van der Waals surface area contributed by atoms with Crippen molar-refractivity contribution in [3.05, 3.63) is 70.8 Å². The van der Waals surface area contributed by atoms with Crippen LogP contribution < -0.4 is 0 Å². The molecule has 3 nitrogen and oxygen atoms in total. The van der Waals surface area contributed by atoms with E-state index in [2.05, 4.69) is 6.92 Å². The highest BCUT2D eigenvalue weighted by molar-refractivity contribution is 6.37. The molecule has 1 aliphatic carbocycles. The topological polar surface area (TPSA) is 51.2 Å². The Labute approximate surface area is 129 Å². The standard InChI is InChI=1S/C19H16O3/c1-2-5-12-8-10-13(11-9-12)17(20)16-18(21)14-6-3-4-7-15(14)19(16)22/h3-4,6-11,16H,2,5H2,1H3. The summed E-state index contributed by atoms with van der Waals surface area (Å²) in [5.41, 5.74) is 2.27. The van der Waals surface area contributed by atoms with E-state index in [9.17, 15) is 14.4 Å². The zero-order chi connectivity index (χ0) is 15.7. The summed E-state index contributed by atoms with van der Waals surface area (Å²) in [5, 5.41) is 0. The minimum atomic E-state index is -1.21. The molecule has 3 heteroatoms. The van der Waals surface area contributed by atoms with Crippen molar-refractivity contribution in [1.29, 1.82) is 0 Å². The van der Waals surface area contributed by atoms with Gasteiger partial charge in [-0.1, -0.05) is 61.9 Å². The molecule has 22 heavy (non-hydrogen) atoms. The molecule has 0 bridgehead atoms. The van der Waals surface area contributed by atoms with Gasteiger partial charge in [-0.2, -0.15) is 0 Å². The van der Waals surface area contributed by atoms with Crippen LogP contribution in [0.15, 0.2) is 48.5 Å². The second kappa shape index (κ2) is 5.68. The van der Waals surface area contributed by atoms with E-state index in [-0.39, 0.29) is 11.6 Å². The number of hydrogen-bond acceptors (Lipinski definition) is 3. The Balaban J connectivity index is 1.90. The Morgan fingerprint density at radius 2 is 1.45 bits per heavy atom. The number of benzene rings is 2. The molecular weight excluding hydrogens is 276 g/mol. The maximum absolute atomic E-state index is 12.6. The van der Waals surface area contributed by atoms with Gasteiger partial charge in [-0.05, 0) is 12.0 Å². The minimum Gasteiger partial charge on any atom is -0.293 e. The summed E-state index contributed by atoms with van der Waals surface area (Å²) in [6.45, 7) is 2.09. The third kappa shape index (κ3) is 2.29. The van der Waals surface area contributed by atoms with Crippen LogP contribution in [0.1, 0.15) is 50.0 Å². The van der Waals surface area contributed by atoms with Crippen molar-refractivity contribution >= 4 is 17.3 Å². The molecule has 0 aromatic heterocycles. The van der Waals surface area contributed by atoms with Gasteiger partial charge in [0.25, 0.3) is 0 Å². The second-order valence-corrected chi connectivity index (χ2v) is 5.52. The minimum absolute atomic E-state index is 0.355.